The van der Waals surface area contributed by atoms with E-state index >= 15 is 0 Å². The first-order chi connectivity index (χ1) is 8.40. The molecular weight excluding hydrogens is 230 g/mol. The highest BCUT2D eigenvalue weighted by Gasteiger charge is 2.19. The van der Waals surface area contributed by atoms with Gasteiger partial charge in [-0.3, -0.25) is 0 Å². The van der Waals surface area contributed by atoms with Crippen LogP contribution in [0, 0.1) is 0 Å². The van der Waals surface area contributed by atoms with Crippen molar-refractivity contribution in [2.45, 2.75) is 38.8 Å². The van der Waals surface area contributed by atoms with Crippen LogP contribution in [-0.4, -0.2) is 36.3 Å². The number of nitrogens with one attached hydrogen (secondary N) is 3. The van der Waals surface area contributed by atoms with E-state index in [0.29, 0.717) is 6.54 Å². The Morgan fingerprint density at radius 1 is 1.50 bits per heavy atom. The average molecular weight is 253 g/mol. The van der Waals surface area contributed by atoms with Gasteiger partial charge in [-0.1, -0.05) is 0 Å². The predicted octanol–water partition coefficient (Wildman–Crippen LogP) is 1.67. The van der Waals surface area contributed by atoms with E-state index < -0.39 is 5.60 Å². The van der Waals surface area contributed by atoms with Gasteiger partial charge in [0, 0.05) is 25.0 Å². The van der Waals surface area contributed by atoms with Gasteiger partial charge in [0.05, 0.1) is 0 Å². The van der Waals surface area contributed by atoms with Gasteiger partial charge in [-0.2, -0.15) is 0 Å². The lowest BCUT2D eigenvalue weighted by atomic mass is 10.1. The average Bonchev–Trinajstić information content (AvgIpc) is 2.67. The Hall–Kier alpha value is -1.49. The maximum Gasteiger partial charge on any atom is 0.407 e. The third-order valence-corrected chi connectivity index (χ3v) is 2.32. The van der Waals surface area contributed by atoms with Crippen LogP contribution in [0.4, 0.5) is 4.79 Å². The lowest BCUT2D eigenvalue weighted by molar-refractivity contribution is 0.0504. The van der Waals surface area contributed by atoms with E-state index in [1.165, 1.54) is 0 Å². The van der Waals surface area contributed by atoms with E-state index in [1.54, 1.807) is 0 Å². The minimum absolute atomic E-state index is 0.0145. The summed E-state index contributed by atoms with van der Waals surface area (Å²) < 4.78 is 5.25. The van der Waals surface area contributed by atoms with E-state index in [0.717, 1.165) is 12.0 Å². The lowest BCUT2D eigenvalue weighted by Crippen LogP contribution is -2.44. The molecule has 0 fully saturated rings. The summed E-state index contributed by atoms with van der Waals surface area (Å²) >= 11 is 0. The molecule has 0 bridgehead atoms. The van der Waals surface area contributed by atoms with Crippen LogP contribution in [-0.2, 0) is 11.2 Å². The zero-order valence-corrected chi connectivity index (χ0v) is 11.5. The second-order valence-corrected chi connectivity index (χ2v) is 5.32. The van der Waals surface area contributed by atoms with Crippen LogP contribution in [0.15, 0.2) is 18.5 Å². The van der Waals surface area contributed by atoms with Crippen molar-refractivity contribution in [3.05, 3.63) is 24.0 Å². The van der Waals surface area contributed by atoms with Crippen molar-refractivity contribution in [1.82, 2.24) is 15.6 Å². The Bertz CT molecular complexity index is 355. The van der Waals surface area contributed by atoms with Crippen LogP contribution in [0.2, 0.25) is 0 Å². The Morgan fingerprint density at radius 3 is 2.72 bits per heavy atom. The molecule has 1 aromatic heterocycles. The molecule has 0 radical (unpaired) electrons. The van der Waals surface area contributed by atoms with Gasteiger partial charge in [0.2, 0.25) is 0 Å². The van der Waals surface area contributed by atoms with Crippen molar-refractivity contribution >= 4 is 6.09 Å². The zero-order valence-electron chi connectivity index (χ0n) is 11.5. The van der Waals surface area contributed by atoms with Crippen LogP contribution in [0.1, 0.15) is 26.3 Å². The third kappa shape index (κ3) is 5.72. The van der Waals surface area contributed by atoms with E-state index in [4.69, 9.17) is 4.74 Å². The highest BCUT2D eigenvalue weighted by Crippen LogP contribution is 2.08. The first-order valence-electron chi connectivity index (χ1n) is 6.16. The van der Waals surface area contributed by atoms with E-state index in [2.05, 4.69) is 15.6 Å². The molecule has 1 rings (SSSR count). The molecule has 0 aliphatic rings. The summed E-state index contributed by atoms with van der Waals surface area (Å²) in [6.07, 6.45) is 4.20. The molecule has 0 aromatic carbocycles. The molecule has 1 heterocycles. The largest absolute Gasteiger partial charge is 0.444 e. The Morgan fingerprint density at radius 2 is 2.22 bits per heavy atom. The van der Waals surface area contributed by atoms with Crippen molar-refractivity contribution in [2.24, 2.45) is 0 Å². The van der Waals surface area contributed by atoms with Crippen molar-refractivity contribution in [2.75, 3.05) is 13.6 Å². The highest BCUT2D eigenvalue weighted by molar-refractivity contribution is 5.68. The summed E-state index contributed by atoms with van der Waals surface area (Å²) in [4.78, 5) is 14.7. The fourth-order valence-electron chi connectivity index (χ4n) is 1.66. The first-order valence-corrected chi connectivity index (χ1v) is 6.16. The van der Waals surface area contributed by atoms with Gasteiger partial charge >= 0.3 is 6.09 Å². The van der Waals surface area contributed by atoms with Gasteiger partial charge in [0.1, 0.15) is 5.60 Å². The first kappa shape index (κ1) is 14.6. The van der Waals surface area contributed by atoms with Gasteiger partial charge < -0.3 is 20.4 Å². The molecule has 1 amide bonds. The SMILES string of the molecule is CNCC(Cc1cc[nH]c1)NC(=O)OC(C)(C)C. The van der Waals surface area contributed by atoms with Gasteiger partial charge in [0.15, 0.2) is 0 Å². The van der Waals surface area contributed by atoms with Crippen LogP contribution in [0.3, 0.4) is 0 Å². The molecule has 18 heavy (non-hydrogen) atoms. The van der Waals surface area contributed by atoms with Crippen LogP contribution >= 0.6 is 0 Å². The smallest absolute Gasteiger partial charge is 0.407 e. The topological polar surface area (TPSA) is 66.2 Å². The Balaban J connectivity index is 2.49. The highest BCUT2D eigenvalue weighted by atomic mass is 16.6. The second kappa shape index (κ2) is 6.44. The molecule has 3 N–H and O–H groups in total. The summed E-state index contributed by atoms with van der Waals surface area (Å²) in [5.41, 5.74) is 0.689. The predicted molar refractivity (Wildman–Crippen MR) is 71.6 cm³/mol. The van der Waals surface area contributed by atoms with Crippen LogP contribution in [0.25, 0.3) is 0 Å². The minimum atomic E-state index is -0.470. The number of alkyl carbamates (subject to hydrolysis) is 1. The van der Waals surface area contributed by atoms with Gasteiger partial charge in [0.25, 0.3) is 0 Å². The van der Waals surface area contributed by atoms with Crippen molar-refractivity contribution in [3.63, 3.8) is 0 Å². The molecule has 1 aromatic rings. The molecule has 1 atom stereocenters. The number of ether oxygens (including phenoxy) is 1. The van der Waals surface area contributed by atoms with E-state index in [1.807, 2.05) is 46.3 Å². The number of hydrogen-bond donors (Lipinski definition) is 3. The minimum Gasteiger partial charge on any atom is -0.444 e. The van der Waals surface area contributed by atoms with Crippen molar-refractivity contribution in [1.29, 1.82) is 0 Å². The lowest BCUT2D eigenvalue weighted by Gasteiger charge is -2.23. The molecule has 102 valence electrons. The molecule has 0 spiro atoms. The third-order valence-electron chi connectivity index (χ3n) is 2.32. The Labute approximate surface area is 108 Å². The number of carbonyl (C=O) groups is 1. The summed E-state index contributed by atoms with van der Waals surface area (Å²) in [5, 5.41) is 5.94. The number of H-pyrrole nitrogens is 1. The number of hydrogen-bond acceptors (Lipinski definition) is 3. The quantitative estimate of drug-likeness (QED) is 0.748. The summed E-state index contributed by atoms with van der Waals surface area (Å²) in [5.74, 6) is 0. The maximum atomic E-state index is 11.7. The van der Waals surface area contributed by atoms with E-state index in [-0.39, 0.29) is 12.1 Å². The van der Waals surface area contributed by atoms with Crippen LogP contribution < -0.4 is 10.6 Å². The Kier molecular flexibility index (Phi) is 5.22. The van der Waals surface area contributed by atoms with Crippen molar-refractivity contribution in [3.8, 4) is 0 Å². The molecule has 0 aliphatic heterocycles. The number of aromatic amines is 1. The van der Waals surface area contributed by atoms with E-state index in [9.17, 15) is 4.79 Å². The van der Waals surface area contributed by atoms with Crippen LogP contribution in [0.5, 0.6) is 0 Å². The molecule has 5 heteroatoms. The molecule has 0 aliphatic carbocycles. The number of amides is 1. The number of likely N-dealkylation sites (N-methyl/N-ethyl adjacent to an activating group) is 1. The van der Waals surface area contributed by atoms with Crippen molar-refractivity contribution < 1.29 is 9.53 Å². The zero-order chi connectivity index (χ0) is 13.6. The summed E-state index contributed by atoms with van der Waals surface area (Å²) in [6, 6.07) is 2.01. The maximum absolute atomic E-state index is 11.7. The van der Waals surface area contributed by atoms with Gasteiger partial charge in [-0.05, 0) is 45.9 Å². The normalized spacial score (nSPS) is 13.1. The number of carbonyl (C=O) groups excluding carboxylic acids is 1. The fraction of sp³-hybridized carbons (Fsp3) is 0.615. The second-order valence-electron chi connectivity index (χ2n) is 5.32. The number of rotatable bonds is 5. The fourth-order valence-corrected chi connectivity index (χ4v) is 1.66. The molecule has 0 saturated carbocycles. The van der Waals surface area contributed by atoms with Gasteiger partial charge in [-0.25, -0.2) is 4.79 Å². The van der Waals surface area contributed by atoms with Gasteiger partial charge in [-0.15, -0.1) is 0 Å². The summed E-state index contributed by atoms with van der Waals surface area (Å²) in [7, 11) is 1.86. The monoisotopic (exact) mass is 253 g/mol. The number of aromatic nitrogens is 1. The molecule has 1 unspecified atom stereocenters. The molecule has 0 saturated heterocycles. The summed E-state index contributed by atoms with van der Waals surface area (Å²) in [6.45, 7) is 6.26. The standard InChI is InChI=1S/C13H23N3O2/c1-13(2,3)18-12(17)16-11(9-14-4)7-10-5-6-15-8-10/h5-6,8,11,14-15H,7,9H2,1-4H3,(H,16,17). The molecule has 5 nitrogen and oxygen atoms in total. The molecular formula is C13H23N3O2.